The lowest BCUT2D eigenvalue weighted by atomic mass is 9.71. The van der Waals surface area contributed by atoms with Gasteiger partial charge in [0.25, 0.3) is 0 Å². The zero-order valence-corrected chi connectivity index (χ0v) is 24.8. The van der Waals surface area contributed by atoms with Crippen molar-refractivity contribution in [1.82, 2.24) is 4.57 Å². The van der Waals surface area contributed by atoms with E-state index in [4.69, 9.17) is 0 Å². The average molecular weight is 534 g/mol. The number of rotatable bonds is 9. The predicted molar refractivity (Wildman–Crippen MR) is 162 cm³/mol. The molecule has 0 atom stereocenters. The number of ketones is 2. The first-order chi connectivity index (χ1) is 19.4. The number of carbonyl (C=O) groups excluding carboxylic acids is 2. The number of carbonyl (C=O) groups is 2. The third kappa shape index (κ3) is 4.44. The monoisotopic (exact) mass is 533 g/mol. The predicted octanol–water partition coefficient (Wildman–Crippen LogP) is 7.26. The van der Waals surface area contributed by atoms with Gasteiger partial charge in [-0.1, -0.05) is 88.4 Å². The van der Waals surface area contributed by atoms with Crippen LogP contribution >= 0.6 is 0 Å². The van der Waals surface area contributed by atoms with Crippen molar-refractivity contribution in [2.24, 2.45) is 0 Å². The minimum Gasteiger partial charge on any atom is -0.343 e. The van der Waals surface area contributed by atoms with Gasteiger partial charge in [0.2, 0.25) is 5.70 Å². The van der Waals surface area contributed by atoms with E-state index in [0.717, 1.165) is 59.6 Å². The second-order valence-corrected chi connectivity index (χ2v) is 10.9. The first-order valence-electron chi connectivity index (χ1n) is 14.8. The van der Waals surface area contributed by atoms with Crippen molar-refractivity contribution in [3.63, 3.8) is 0 Å². The summed E-state index contributed by atoms with van der Waals surface area (Å²) < 4.78 is 4.47. The van der Waals surface area contributed by atoms with E-state index in [1.807, 2.05) is 36.4 Å². The van der Waals surface area contributed by atoms with Gasteiger partial charge in [0.15, 0.2) is 23.8 Å². The summed E-state index contributed by atoms with van der Waals surface area (Å²) in [7, 11) is 0. The lowest BCUT2D eigenvalue weighted by Gasteiger charge is -2.29. The Hall–Kier alpha value is -3.79. The topological polar surface area (TPSA) is 42.1 Å². The van der Waals surface area contributed by atoms with Crippen molar-refractivity contribution >= 4 is 17.3 Å². The van der Waals surface area contributed by atoms with Gasteiger partial charge in [-0.3, -0.25) is 9.59 Å². The average Bonchev–Trinajstić information content (AvgIpc) is 3.38. The molecule has 0 saturated heterocycles. The van der Waals surface area contributed by atoms with Crippen LogP contribution in [0.3, 0.4) is 0 Å². The highest BCUT2D eigenvalue weighted by Crippen LogP contribution is 2.44. The molecule has 0 unspecified atom stereocenters. The molecule has 4 nitrogen and oxygen atoms in total. The smallest absolute Gasteiger partial charge is 0.224 e. The van der Waals surface area contributed by atoms with Crippen molar-refractivity contribution in [1.29, 1.82) is 0 Å². The van der Waals surface area contributed by atoms with E-state index in [9.17, 15) is 9.59 Å². The number of nitrogens with zero attached hydrogens (tertiary/aromatic N) is 2. The summed E-state index contributed by atoms with van der Waals surface area (Å²) in [4.78, 5) is 28.5. The molecule has 0 radical (unpaired) electrons. The first-order valence-corrected chi connectivity index (χ1v) is 14.8. The first kappa shape index (κ1) is 27.8. The third-order valence-electron chi connectivity index (χ3n) is 8.88. The van der Waals surface area contributed by atoms with E-state index in [2.05, 4.69) is 75.0 Å². The quantitative estimate of drug-likeness (QED) is 0.126. The fourth-order valence-corrected chi connectivity index (χ4v) is 6.93. The van der Waals surface area contributed by atoms with Crippen molar-refractivity contribution < 1.29 is 14.2 Å². The van der Waals surface area contributed by atoms with Crippen LogP contribution in [-0.2, 0) is 35.5 Å². The van der Waals surface area contributed by atoms with Crippen LogP contribution in [0.1, 0.15) is 87.0 Å². The lowest BCUT2D eigenvalue weighted by molar-refractivity contribution is -0.488. The second-order valence-electron chi connectivity index (χ2n) is 10.9. The lowest BCUT2D eigenvalue weighted by Crippen LogP contribution is -2.43. The van der Waals surface area contributed by atoms with Crippen molar-refractivity contribution in [2.45, 2.75) is 86.2 Å². The summed E-state index contributed by atoms with van der Waals surface area (Å²) in [5.41, 5.74) is 11.6. The molecule has 4 heteroatoms. The van der Waals surface area contributed by atoms with Gasteiger partial charge in [-0.15, -0.1) is 0 Å². The van der Waals surface area contributed by atoms with Crippen LogP contribution in [0, 0.1) is 6.92 Å². The minimum absolute atomic E-state index is 0.0293. The standard InChI is InChI=1S/C36H41N2O2/c1-7-27-23(5)37(21-25-17-13-11-14-18-25)33(29(27)9-3)31-35(39)32(36(31)40)34-30(10-4)28(8-2)24(6)38(34)22-26-19-15-12-16-20-26/h11-20,31H,7-10,21-22H2,1-6H3/q+1. The molecule has 1 aliphatic heterocycles. The van der Waals surface area contributed by atoms with E-state index < -0.39 is 5.92 Å². The van der Waals surface area contributed by atoms with Crippen LogP contribution in [0.4, 0.5) is 0 Å². The molecule has 1 aliphatic carbocycles. The van der Waals surface area contributed by atoms with E-state index in [0.29, 0.717) is 18.7 Å². The number of aromatic nitrogens is 1. The molecule has 0 N–H and O–H groups in total. The Bertz CT molecular complexity index is 1550. The van der Waals surface area contributed by atoms with Crippen molar-refractivity contribution in [2.75, 3.05) is 0 Å². The Morgan fingerprint density at radius 3 is 1.77 bits per heavy atom. The van der Waals surface area contributed by atoms with Crippen LogP contribution < -0.4 is 0 Å². The zero-order valence-electron chi connectivity index (χ0n) is 24.8. The molecule has 0 amide bonds. The Kier molecular flexibility index (Phi) is 7.89. The molecule has 1 fully saturated rings. The zero-order chi connectivity index (χ0) is 28.6. The maximum absolute atomic E-state index is 14.3. The Morgan fingerprint density at radius 1 is 0.700 bits per heavy atom. The van der Waals surface area contributed by atoms with Gasteiger partial charge in [0.1, 0.15) is 11.5 Å². The second kappa shape index (κ2) is 11.4. The molecule has 0 spiro atoms. The number of Topliss-reactive ketones (excluding diaryl/α,β-unsaturated/α-hetero) is 2. The highest BCUT2D eigenvalue weighted by molar-refractivity contribution is 6.42. The van der Waals surface area contributed by atoms with Crippen LogP contribution in [-0.4, -0.2) is 26.4 Å². The van der Waals surface area contributed by atoms with Crippen LogP contribution in [0.2, 0.25) is 0 Å². The molecule has 2 heterocycles. The molecular formula is C36H41N2O2+. The normalized spacial score (nSPS) is 17.4. The Labute approximate surface area is 238 Å². The van der Waals surface area contributed by atoms with E-state index in [1.165, 1.54) is 22.3 Å². The number of allylic oxidation sites excluding steroid dienone is 3. The molecule has 1 aromatic heterocycles. The largest absolute Gasteiger partial charge is 0.343 e. The molecule has 2 aliphatic rings. The maximum Gasteiger partial charge on any atom is 0.224 e. The molecule has 40 heavy (non-hydrogen) atoms. The van der Waals surface area contributed by atoms with Gasteiger partial charge in [-0.2, -0.15) is 4.58 Å². The number of hydrogen-bond donors (Lipinski definition) is 0. The summed E-state index contributed by atoms with van der Waals surface area (Å²) in [5.74, 6) is -0.792. The van der Waals surface area contributed by atoms with E-state index in [1.54, 1.807) is 0 Å². The van der Waals surface area contributed by atoms with Crippen LogP contribution in [0.5, 0.6) is 0 Å². The van der Waals surface area contributed by atoms with Gasteiger partial charge in [0.05, 0.1) is 0 Å². The van der Waals surface area contributed by atoms with Gasteiger partial charge in [-0.25, -0.2) is 0 Å². The molecular weight excluding hydrogens is 492 g/mol. The van der Waals surface area contributed by atoms with E-state index in [-0.39, 0.29) is 11.6 Å². The van der Waals surface area contributed by atoms with E-state index >= 15 is 0 Å². The highest BCUT2D eigenvalue weighted by atomic mass is 16.2. The molecule has 0 bridgehead atoms. The van der Waals surface area contributed by atoms with Gasteiger partial charge in [-0.05, 0) is 49.3 Å². The summed E-state index contributed by atoms with van der Waals surface area (Å²) >= 11 is 0. The van der Waals surface area contributed by atoms with Crippen LogP contribution in [0.25, 0.3) is 0 Å². The fourth-order valence-electron chi connectivity index (χ4n) is 6.93. The summed E-state index contributed by atoms with van der Waals surface area (Å²) in [5, 5.41) is 0. The molecule has 2 aromatic carbocycles. The maximum atomic E-state index is 14.3. The van der Waals surface area contributed by atoms with Crippen molar-refractivity contribution in [3.05, 3.63) is 117 Å². The summed E-state index contributed by atoms with van der Waals surface area (Å²) in [6.45, 7) is 14.2. The van der Waals surface area contributed by atoms with Crippen LogP contribution in [0.15, 0.2) is 83.1 Å². The molecule has 3 aromatic rings. The van der Waals surface area contributed by atoms with Gasteiger partial charge in [0, 0.05) is 41.6 Å². The minimum atomic E-state index is -0.733. The third-order valence-corrected chi connectivity index (χ3v) is 8.88. The summed E-state index contributed by atoms with van der Waals surface area (Å²) in [6.07, 6.45) is 3.35. The molecule has 206 valence electrons. The SMILES string of the molecule is CCC1=C(CC)C(C)=[N+](Cc2ccccc2)C1=C1C(=O)C(c2c(CC)c(CC)c(C)n2Cc2ccccc2)C1=O. The number of hydrogen-bond acceptors (Lipinski definition) is 2. The van der Waals surface area contributed by atoms with Crippen molar-refractivity contribution in [3.8, 4) is 0 Å². The highest BCUT2D eigenvalue weighted by Gasteiger charge is 2.54. The fraction of sp³-hybridized carbons (Fsp3) is 0.361. The Morgan fingerprint density at radius 2 is 1.25 bits per heavy atom. The van der Waals surface area contributed by atoms with Gasteiger partial charge < -0.3 is 4.57 Å². The van der Waals surface area contributed by atoms with Gasteiger partial charge >= 0.3 is 0 Å². The molecule has 1 saturated carbocycles. The molecule has 5 rings (SSSR count). The Balaban J connectivity index is 1.64. The summed E-state index contributed by atoms with van der Waals surface area (Å²) in [6, 6.07) is 20.6. The number of benzene rings is 2.